The molecule has 0 saturated carbocycles. The van der Waals surface area contributed by atoms with Crippen LogP contribution in [0.2, 0.25) is 0 Å². The number of thioether (sulfide) groups is 1. The van der Waals surface area contributed by atoms with Gasteiger partial charge in [0.1, 0.15) is 6.61 Å². The molecule has 2 saturated heterocycles. The van der Waals surface area contributed by atoms with E-state index in [1.165, 1.54) is 17.8 Å². The summed E-state index contributed by atoms with van der Waals surface area (Å²) >= 11 is 7.52. The predicted octanol–water partition coefficient (Wildman–Crippen LogP) is 4.45. The second kappa shape index (κ2) is 9.17. The highest BCUT2D eigenvalue weighted by Crippen LogP contribution is 2.56. The molecule has 0 amide bonds. The molecule has 2 fully saturated rings. The van der Waals surface area contributed by atoms with Crippen molar-refractivity contribution in [3.05, 3.63) is 51.8 Å². The van der Waals surface area contributed by atoms with Crippen LogP contribution in [-0.4, -0.2) is 75.1 Å². The molecule has 10 heteroatoms. The smallest absolute Gasteiger partial charge is 0.278 e. The Labute approximate surface area is 208 Å². The highest BCUT2D eigenvalue weighted by atomic mass is 35.5. The average Bonchev–Trinajstić information content (AvgIpc) is 3.37. The Hall–Kier alpha value is -1.52. The molecule has 1 spiro atoms. The van der Waals surface area contributed by atoms with Crippen LogP contribution in [0.5, 0.6) is 0 Å². The van der Waals surface area contributed by atoms with Gasteiger partial charge in [0.15, 0.2) is 5.82 Å². The molecule has 2 atom stereocenters. The third kappa shape index (κ3) is 4.53. The number of hydrogen-bond acceptors (Lipinski definition) is 6. The molecule has 0 N–H and O–H groups in total. The van der Waals surface area contributed by atoms with Crippen molar-refractivity contribution < 1.29 is 13.5 Å². The predicted molar refractivity (Wildman–Crippen MR) is 130 cm³/mol. The Kier molecular flexibility index (Phi) is 6.52. The van der Waals surface area contributed by atoms with Gasteiger partial charge in [0, 0.05) is 49.7 Å². The average molecular weight is 510 g/mol. The number of halogens is 3. The summed E-state index contributed by atoms with van der Waals surface area (Å²) in [6, 6.07) is 4.02. The molecule has 3 aliphatic rings. The summed E-state index contributed by atoms with van der Waals surface area (Å²) < 4.78 is 37.1. The Balaban J connectivity index is 1.27. The summed E-state index contributed by atoms with van der Waals surface area (Å²) in [4.78, 5) is 9.04. The maximum absolute atomic E-state index is 14.5. The van der Waals surface area contributed by atoms with Crippen LogP contribution in [0, 0.1) is 12.8 Å². The quantitative estimate of drug-likeness (QED) is 0.593. The maximum Gasteiger partial charge on any atom is 0.278 e. The van der Waals surface area contributed by atoms with Crippen LogP contribution < -0.4 is 0 Å². The summed E-state index contributed by atoms with van der Waals surface area (Å²) in [6.45, 7) is 4.60. The van der Waals surface area contributed by atoms with Crippen molar-refractivity contribution in [3.63, 3.8) is 0 Å². The molecule has 5 heterocycles. The number of fused-ring (bicyclic) bond motifs is 2. The first-order chi connectivity index (χ1) is 16.2. The Morgan fingerprint density at radius 2 is 2.03 bits per heavy atom. The topological polar surface area (TPSA) is 46.4 Å². The van der Waals surface area contributed by atoms with Gasteiger partial charge in [-0.3, -0.25) is 4.90 Å². The zero-order chi connectivity index (χ0) is 24.1. The lowest BCUT2D eigenvalue weighted by atomic mass is 9.77. The minimum atomic E-state index is -2.86. The van der Waals surface area contributed by atoms with Crippen LogP contribution in [0.15, 0.2) is 35.0 Å². The SMILES string of the molecule is Cc1nn(-c2ncccc2CN(C)C)cc1CN1CCC2(CC1)OCC(F)(F)C1C=C(Cl)SC12. The summed E-state index contributed by atoms with van der Waals surface area (Å²) in [5, 5.41) is 4.42. The molecule has 3 aliphatic heterocycles. The number of aromatic nitrogens is 3. The molecule has 2 unspecified atom stereocenters. The summed E-state index contributed by atoms with van der Waals surface area (Å²) in [6.07, 6.45) is 6.82. The summed E-state index contributed by atoms with van der Waals surface area (Å²) in [5.74, 6) is -2.87. The molecule has 5 rings (SSSR count). The zero-order valence-electron chi connectivity index (χ0n) is 19.7. The first kappa shape index (κ1) is 24.2. The number of aryl methyl sites for hydroxylation is 1. The second-order valence-corrected chi connectivity index (χ2v) is 11.6. The van der Waals surface area contributed by atoms with Gasteiger partial charge in [-0.2, -0.15) is 5.10 Å². The van der Waals surface area contributed by atoms with Gasteiger partial charge < -0.3 is 9.64 Å². The van der Waals surface area contributed by atoms with Gasteiger partial charge >= 0.3 is 0 Å². The van der Waals surface area contributed by atoms with E-state index in [-0.39, 0.29) is 5.25 Å². The molecule has 2 aromatic heterocycles. The highest BCUT2D eigenvalue weighted by Gasteiger charge is 2.60. The second-order valence-electron chi connectivity index (χ2n) is 9.83. The van der Waals surface area contributed by atoms with E-state index >= 15 is 0 Å². The van der Waals surface area contributed by atoms with Crippen LogP contribution in [0.1, 0.15) is 29.7 Å². The molecular formula is C24H30ClF2N5OS. The largest absolute Gasteiger partial charge is 0.367 e. The van der Waals surface area contributed by atoms with Gasteiger partial charge in [-0.05, 0) is 46.0 Å². The summed E-state index contributed by atoms with van der Waals surface area (Å²) in [7, 11) is 4.07. The fourth-order valence-electron chi connectivity index (χ4n) is 5.28. The van der Waals surface area contributed by atoms with E-state index in [0.29, 0.717) is 4.36 Å². The fraction of sp³-hybridized carbons (Fsp3) is 0.583. The lowest BCUT2D eigenvalue weighted by Gasteiger charge is -2.51. The molecule has 0 radical (unpaired) electrons. The molecular weight excluding hydrogens is 480 g/mol. The zero-order valence-corrected chi connectivity index (χ0v) is 21.3. The van der Waals surface area contributed by atoms with Crippen molar-refractivity contribution in [3.8, 4) is 5.82 Å². The molecule has 0 aromatic carbocycles. The maximum atomic E-state index is 14.5. The van der Waals surface area contributed by atoms with E-state index in [9.17, 15) is 8.78 Å². The number of nitrogens with zero attached hydrogens (tertiary/aromatic N) is 5. The molecule has 34 heavy (non-hydrogen) atoms. The van der Waals surface area contributed by atoms with E-state index in [1.54, 1.807) is 6.20 Å². The lowest BCUT2D eigenvalue weighted by molar-refractivity contribution is -0.215. The van der Waals surface area contributed by atoms with Crippen LogP contribution in [-0.2, 0) is 17.8 Å². The van der Waals surface area contributed by atoms with E-state index in [4.69, 9.17) is 21.4 Å². The summed E-state index contributed by atoms with van der Waals surface area (Å²) in [5.41, 5.74) is 2.68. The van der Waals surface area contributed by atoms with Gasteiger partial charge in [0.05, 0.1) is 26.8 Å². The number of ether oxygens (including phenoxy) is 1. The number of alkyl halides is 2. The first-order valence-corrected chi connectivity index (χ1v) is 12.8. The molecule has 6 nitrogen and oxygen atoms in total. The van der Waals surface area contributed by atoms with Gasteiger partial charge in [0.2, 0.25) is 0 Å². The first-order valence-electron chi connectivity index (χ1n) is 11.6. The number of allylic oxidation sites excluding steroid dienone is 1. The Bertz CT molecular complexity index is 1080. The standard InChI is InChI=1S/C24H30ClF2N5OS/c1-16-18(14-32(29-16)22-17(12-30(2)3)5-4-8-28-22)13-31-9-6-23(7-10-31)21-19(11-20(25)34-21)24(26,27)15-33-23/h4-5,8,11,14,19,21H,6-7,9-10,12-13,15H2,1-3H3. The molecule has 0 bridgehead atoms. The van der Waals surface area contributed by atoms with Crippen LogP contribution in [0.3, 0.4) is 0 Å². The van der Waals surface area contributed by atoms with Crippen molar-refractivity contribution in [2.24, 2.45) is 5.92 Å². The fourth-order valence-corrected chi connectivity index (χ4v) is 7.11. The van der Waals surface area contributed by atoms with Gasteiger partial charge in [-0.25, -0.2) is 18.4 Å². The van der Waals surface area contributed by atoms with Gasteiger partial charge in [0.25, 0.3) is 5.92 Å². The van der Waals surface area contributed by atoms with E-state index in [0.717, 1.165) is 61.7 Å². The van der Waals surface area contributed by atoms with Gasteiger partial charge in [-0.15, -0.1) is 11.8 Å². The Morgan fingerprint density at radius 1 is 1.26 bits per heavy atom. The van der Waals surface area contributed by atoms with Crippen molar-refractivity contribution >= 4 is 23.4 Å². The molecule has 0 aliphatic carbocycles. The highest BCUT2D eigenvalue weighted by molar-refractivity contribution is 8.05. The van der Waals surface area contributed by atoms with Crippen LogP contribution in [0.4, 0.5) is 8.78 Å². The van der Waals surface area contributed by atoms with Crippen molar-refractivity contribution in [2.45, 2.75) is 49.6 Å². The number of pyridine rings is 1. The Morgan fingerprint density at radius 3 is 2.76 bits per heavy atom. The normalized spacial score (nSPS) is 26.1. The minimum Gasteiger partial charge on any atom is -0.367 e. The van der Waals surface area contributed by atoms with Crippen LogP contribution >= 0.6 is 23.4 Å². The third-order valence-electron chi connectivity index (χ3n) is 7.10. The minimum absolute atomic E-state index is 0.324. The van der Waals surface area contributed by atoms with Crippen molar-refractivity contribution in [1.82, 2.24) is 24.6 Å². The number of rotatable bonds is 5. The molecule has 184 valence electrons. The van der Waals surface area contributed by atoms with Crippen molar-refractivity contribution in [1.29, 1.82) is 0 Å². The monoisotopic (exact) mass is 509 g/mol. The van der Waals surface area contributed by atoms with E-state index in [1.807, 2.05) is 31.8 Å². The third-order valence-corrected chi connectivity index (χ3v) is 8.83. The van der Waals surface area contributed by atoms with E-state index < -0.39 is 24.0 Å². The molecule has 2 aromatic rings. The number of hydrogen-bond donors (Lipinski definition) is 0. The number of likely N-dealkylation sites (tertiary alicyclic amines) is 1. The number of piperidine rings is 1. The van der Waals surface area contributed by atoms with Gasteiger partial charge in [-0.1, -0.05) is 17.7 Å². The van der Waals surface area contributed by atoms with E-state index in [2.05, 4.69) is 27.0 Å². The van der Waals surface area contributed by atoms with Crippen LogP contribution in [0.25, 0.3) is 5.82 Å². The van der Waals surface area contributed by atoms with Crippen molar-refractivity contribution in [2.75, 3.05) is 33.8 Å². The lowest BCUT2D eigenvalue weighted by Crippen LogP contribution is -2.61.